The van der Waals surface area contributed by atoms with Crippen LogP contribution in [0, 0.1) is 11.3 Å². The van der Waals surface area contributed by atoms with Gasteiger partial charge in [0.1, 0.15) is 28.6 Å². The number of pyridine rings is 2. The molecular weight excluding hydrogens is 505 g/mol. The fourth-order valence-corrected chi connectivity index (χ4v) is 4.44. The van der Waals surface area contributed by atoms with E-state index >= 15 is 0 Å². The van der Waals surface area contributed by atoms with Gasteiger partial charge in [-0.05, 0) is 18.9 Å². The van der Waals surface area contributed by atoms with Crippen molar-refractivity contribution in [1.82, 2.24) is 39.5 Å². The maximum Gasteiger partial charge on any atom is 0.433 e. The van der Waals surface area contributed by atoms with E-state index in [1.54, 1.807) is 19.3 Å². The number of H-pyrrole nitrogens is 1. The average Bonchev–Trinajstić information content (AvgIpc) is 3.62. The van der Waals surface area contributed by atoms with Crippen molar-refractivity contribution in [3.8, 4) is 17.6 Å². The number of alkyl halides is 3. The van der Waals surface area contributed by atoms with Gasteiger partial charge in [0, 0.05) is 31.7 Å². The number of aromatic amines is 1. The van der Waals surface area contributed by atoms with Crippen molar-refractivity contribution in [1.29, 1.82) is 5.26 Å². The van der Waals surface area contributed by atoms with Gasteiger partial charge in [-0.3, -0.25) is 9.78 Å². The van der Waals surface area contributed by atoms with Crippen molar-refractivity contribution in [2.75, 3.05) is 18.5 Å². The minimum atomic E-state index is -4.59. The second-order valence-corrected chi connectivity index (χ2v) is 8.68. The van der Waals surface area contributed by atoms with Crippen LogP contribution >= 0.6 is 0 Å². The first-order chi connectivity index (χ1) is 18.3. The largest absolute Gasteiger partial charge is 0.453 e. The van der Waals surface area contributed by atoms with Gasteiger partial charge in [0.2, 0.25) is 5.95 Å². The second kappa shape index (κ2) is 8.99. The smallest absolute Gasteiger partial charge is 0.433 e. The number of nitriles is 1. The summed E-state index contributed by atoms with van der Waals surface area (Å²) in [7, 11) is 1.61. The highest BCUT2D eigenvalue weighted by Crippen LogP contribution is 2.36. The van der Waals surface area contributed by atoms with Crippen molar-refractivity contribution < 1.29 is 22.6 Å². The number of hydrogen-bond acceptors (Lipinski definition) is 9. The van der Waals surface area contributed by atoms with Crippen molar-refractivity contribution in [3.05, 3.63) is 42.0 Å². The molecule has 1 fully saturated rings. The summed E-state index contributed by atoms with van der Waals surface area (Å²) in [5, 5.41) is 24.4. The Morgan fingerprint density at radius 2 is 2.00 bits per heavy atom. The van der Waals surface area contributed by atoms with Gasteiger partial charge in [-0.2, -0.15) is 33.6 Å². The fraction of sp³-hybridized carbons (Fsp3) is 0.304. The second-order valence-electron chi connectivity index (χ2n) is 8.68. The van der Waals surface area contributed by atoms with E-state index in [-0.39, 0.29) is 28.7 Å². The molecule has 0 spiro atoms. The van der Waals surface area contributed by atoms with E-state index in [9.17, 15) is 18.4 Å². The molecule has 5 aromatic heterocycles. The van der Waals surface area contributed by atoms with Gasteiger partial charge in [0.15, 0.2) is 22.9 Å². The third-order valence-corrected chi connectivity index (χ3v) is 6.27. The predicted octanol–water partition coefficient (Wildman–Crippen LogP) is 4.21. The lowest BCUT2D eigenvalue weighted by molar-refractivity contribution is -0.145. The molecule has 38 heavy (non-hydrogen) atoms. The number of aromatic nitrogens is 8. The first-order valence-corrected chi connectivity index (χ1v) is 11.6. The molecule has 1 saturated heterocycles. The molecule has 0 amide bonds. The molecule has 0 aliphatic carbocycles. The monoisotopic (exact) mass is 524 g/mol. The van der Waals surface area contributed by atoms with Crippen molar-refractivity contribution in [3.63, 3.8) is 0 Å². The van der Waals surface area contributed by atoms with Gasteiger partial charge in [-0.25, -0.2) is 9.97 Å². The number of hydrogen-bond donors (Lipinski definition) is 2. The number of nitrogens with one attached hydrogen (secondary N) is 2. The summed E-state index contributed by atoms with van der Waals surface area (Å²) < 4.78 is 55.0. The SMILES string of the molecule is Cn1c(Nc2cc(C(F)(F)F)n(C3CCOCC3)n2)nc2ncc(Oc3cnc4[nH]ncc4c3)c(C#N)c21. The maximum atomic E-state index is 13.8. The van der Waals surface area contributed by atoms with E-state index < -0.39 is 17.9 Å². The average molecular weight is 524 g/mol. The van der Waals surface area contributed by atoms with Crippen LogP contribution in [0.3, 0.4) is 0 Å². The third-order valence-electron chi connectivity index (χ3n) is 6.27. The Balaban J connectivity index is 1.34. The Kier molecular flexibility index (Phi) is 5.60. The number of aryl methyl sites for hydroxylation is 1. The van der Waals surface area contributed by atoms with E-state index in [0.717, 1.165) is 16.1 Å². The summed E-state index contributed by atoms with van der Waals surface area (Å²) in [6, 6.07) is 4.33. The predicted molar refractivity (Wildman–Crippen MR) is 127 cm³/mol. The summed E-state index contributed by atoms with van der Waals surface area (Å²) >= 11 is 0. The van der Waals surface area contributed by atoms with E-state index in [2.05, 4.69) is 41.6 Å². The van der Waals surface area contributed by atoms with Crippen LogP contribution in [-0.2, 0) is 18.0 Å². The highest BCUT2D eigenvalue weighted by Gasteiger charge is 2.38. The standard InChI is InChI=1S/C23H19F3N10O2/c1-35-19-15(8-27)16(38-14-6-12-9-30-33-20(12)28-10-14)11-29-21(19)32-22(35)31-18-7-17(23(24,25)26)36(34-18)13-2-4-37-5-3-13/h6-7,9-11,13H,2-5H2,1H3,(H,28,30,33)(H,29,31,32,34). The molecule has 194 valence electrons. The van der Waals surface area contributed by atoms with E-state index in [1.165, 1.54) is 17.0 Å². The summed E-state index contributed by atoms with van der Waals surface area (Å²) in [6.07, 6.45) is 0.700. The normalized spacial score (nSPS) is 14.7. The van der Waals surface area contributed by atoms with Crippen LogP contribution in [0.25, 0.3) is 22.2 Å². The topological polar surface area (TPSA) is 144 Å². The number of halogens is 3. The molecule has 1 aliphatic rings. The van der Waals surface area contributed by atoms with Gasteiger partial charge < -0.3 is 19.4 Å². The number of fused-ring (bicyclic) bond motifs is 2. The van der Waals surface area contributed by atoms with Gasteiger partial charge >= 0.3 is 6.18 Å². The zero-order chi connectivity index (χ0) is 26.4. The van der Waals surface area contributed by atoms with Gasteiger partial charge in [-0.1, -0.05) is 0 Å². The molecule has 1 aliphatic heterocycles. The summed E-state index contributed by atoms with van der Waals surface area (Å²) in [5.74, 6) is 0.669. The zero-order valence-electron chi connectivity index (χ0n) is 19.8. The third kappa shape index (κ3) is 4.14. The van der Waals surface area contributed by atoms with Crippen LogP contribution in [0.2, 0.25) is 0 Å². The van der Waals surface area contributed by atoms with Crippen LogP contribution in [-0.4, -0.2) is 52.7 Å². The molecule has 15 heteroatoms. The first kappa shape index (κ1) is 23.7. The minimum absolute atomic E-state index is 0.0308. The Morgan fingerprint density at radius 1 is 1.18 bits per heavy atom. The Bertz CT molecular complexity index is 1690. The molecule has 0 saturated carbocycles. The molecule has 0 radical (unpaired) electrons. The molecule has 0 unspecified atom stereocenters. The molecule has 0 aromatic carbocycles. The number of anilines is 2. The van der Waals surface area contributed by atoms with E-state index in [0.29, 0.717) is 43.0 Å². The van der Waals surface area contributed by atoms with Crippen LogP contribution < -0.4 is 10.1 Å². The van der Waals surface area contributed by atoms with Crippen molar-refractivity contribution in [2.24, 2.45) is 7.05 Å². The Hall–Kier alpha value is -4.71. The summed E-state index contributed by atoms with van der Waals surface area (Å²) in [4.78, 5) is 12.9. The van der Waals surface area contributed by atoms with Crippen LogP contribution in [0.15, 0.2) is 30.7 Å². The van der Waals surface area contributed by atoms with E-state index in [4.69, 9.17) is 9.47 Å². The number of ether oxygens (including phenoxy) is 2. The summed E-state index contributed by atoms with van der Waals surface area (Å²) in [6.45, 7) is 0.739. The molecule has 6 heterocycles. The quantitative estimate of drug-likeness (QED) is 0.345. The molecule has 6 rings (SSSR count). The lowest BCUT2D eigenvalue weighted by Crippen LogP contribution is -2.25. The van der Waals surface area contributed by atoms with Crippen LogP contribution in [0.1, 0.15) is 30.1 Å². The molecule has 5 aromatic rings. The van der Waals surface area contributed by atoms with Gasteiger partial charge in [-0.15, -0.1) is 0 Å². The molecule has 2 N–H and O–H groups in total. The highest BCUT2D eigenvalue weighted by molar-refractivity contribution is 5.84. The molecule has 12 nitrogen and oxygen atoms in total. The van der Waals surface area contributed by atoms with Crippen LogP contribution in [0.4, 0.5) is 24.9 Å². The fourth-order valence-electron chi connectivity index (χ4n) is 4.44. The number of imidazole rings is 1. The lowest BCUT2D eigenvalue weighted by Gasteiger charge is -2.24. The highest BCUT2D eigenvalue weighted by atomic mass is 19.4. The van der Waals surface area contributed by atoms with E-state index in [1.807, 2.05) is 0 Å². The van der Waals surface area contributed by atoms with Crippen LogP contribution in [0.5, 0.6) is 11.5 Å². The van der Waals surface area contributed by atoms with Crippen molar-refractivity contribution >= 4 is 34.0 Å². The molecule has 0 bridgehead atoms. The maximum absolute atomic E-state index is 13.8. The number of rotatable bonds is 5. The molecular formula is C23H19F3N10O2. The first-order valence-electron chi connectivity index (χ1n) is 11.6. The lowest BCUT2D eigenvalue weighted by atomic mass is 10.1. The summed E-state index contributed by atoms with van der Waals surface area (Å²) in [5.41, 5.74) is 0.420. The van der Waals surface area contributed by atoms with Crippen molar-refractivity contribution in [2.45, 2.75) is 25.1 Å². The Labute approximate surface area is 212 Å². The Morgan fingerprint density at radius 3 is 2.76 bits per heavy atom. The number of nitrogens with zero attached hydrogens (tertiary/aromatic N) is 8. The zero-order valence-corrected chi connectivity index (χ0v) is 19.8. The van der Waals surface area contributed by atoms with Gasteiger partial charge in [0.05, 0.1) is 24.6 Å². The van der Waals surface area contributed by atoms with Gasteiger partial charge in [0.25, 0.3) is 0 Å². The molecule has 0 atom stereocenters. The minimum Gasteiger partial charge on any atom is -0.453 e.